The molecular weight excluding hydrogens is 380 g/mol. The molecule has 0 fully saturated rings. The highest BCUT2D eigenvalue weighted by Gasteiger charge is 2.11. The first-order valence-electron chi connectivity index (χ1n) is 8.98. The lowest BCUT2D eigenvalue weighted by Gasteiger charge is -2.20. The number of hydrogen-bond acceptors (Lipinski definition) is 8. The van der Waals surface area contributed by atoms with Gasteiger partial charge in [0.2, 0.25) is 11.0 Å². The second-order valence-electron chi connectivity index (χ2n) is 5.58. The molecule has 28 heavy (non-hydrogen) atoms. The highest BCUT2D eigenvalue weighted by molar-refractivity contribution is 7.15. The molecule has 0 aliphatic carbocycles. The van der Waals surface area contributed by atoms with E-state index in [0.29, 0.717) is 5.01 Å². The van der Waals surface area contributed by atoms with Crippen molar-refractivity contribution in [2.24, 2.45) is 5.10 Å². The van der Waals surface area contributed by atoms with Gasteiger partial charge in [-0.15, -0.1) is 10.2 Å². The van der Waals surface area contributed by atoms with E-state index in [1.54, 1.807) is 13.1 Å². The molecule has 1 heterocycles. The average molecular weight is 404 g/mol. The van der Waals surface area contributed by atoms with Crippen LogP contribution >= 0.6 is 11.3 Å². The smallest absolute Gasteiger partial charge is 0.413 e. The quantitative estimate of drug-likeness (QED) is 0.491. The summed E-state index contributed by atoms with van der Waals surface area (Å²) in [6.45, 7) is 8.08. The van der Waals surface area contributed by atoms with Gasteiger partial charge in [0.1, 0.15) is 5.01 Å². The number of rotatable bonds is 9. The van der Waals surface area contributed by atoms with Gasteiger partial charge in [-0.1, -0.05) is 23.5 Å². The Labute approximate surface area is 167 Å². The summed E-state index contributed by atoms with van der Waals surface area (Å²) < 4.78 is 4.75. The Kier molecular flexibility index (Phi) is 8.35. The minimum Gasteiger partial charge on any atom is -0.450 e. The summed E-state index contributed by atoms with van der Waals surface area (Å²) in [4.78, 5) is 25.5. The molecular formula is C18H24N6O3S. The topological polar surface area (TPSA) is 109 Å². The lowest BCUT2D eigenvalue weighted by molar-refractivity contribution is -0.120. The van der Waals surface area contributed by atoms with Gasteiger partial charge in [-0.05, 0) is 38.5 Å². The van der Waals surface area contributed by atoms with Crippen molar-refractivity contribution >= 4 is 40.4 Å². The Balaban J connectivity index is 1.82. The van der Waals surface area contributed by atoms with Crippen LogP contribution in [0.1, 0.15) is 31.3 Å². The number of carbonyl (C=O) groups is 2. The van der Waals surface area contributed by atoms with Crippen molar-refractivity contribution in [3.63, 3.8) is 0 Å². The van der Waals surface area contributed by atoms with Crippen molar-refractivity contribution in [1.82, 2.24) is 15.6 Å². The van der Waals surface area contributed by atoms with Crippen LogP contribution < -0.4 is 15.6 Å². The first kappa shape index (κ1) is 21.3. The molecule has 1 aromatic carbocycles. The van der Waals surface area contributed by atoms with Crippen molar-refractivity contribution < 1.29 is 14.3 Å². The van der Waals surface area contributed by atoms with E-state index in [2.05, 4.69) is 44.8 Å². The Morgan fingerprint density at radius 2 is 1.89 bits per heavy atom. The molecule has 2 aromatic rings. The van der Waals surface area contributed by atoms with Gasteiger partial charge < -0.3 is 9.64 Å². The standard InChI is InChI=1S/C18H24N6O3S/c1-4-24(5-2)14-9-7-13(8-10-14)12-19-21-15(25)11-16-22-23-17(28-16)20-18(26)27-6-3/h7-10,12H,4-6,11H2,1-3H3,(H,21,25)(H,20,23,26)/b19-12-. The maximum Gasteiger partial charge on any atom is 0.413 e. The predicted octanol–water partition coefficient (Wildman–Crippen LogP) is 2.65. The zero-order chi connectivity index (χ0) is 20.4. The van der Waals surface area contributed by atoms with E-state index in [0.717, 1.165) is 35.7 Å². The minimum absolute atomic E-state index is 0.0143. The molecule has 0 atom stereocenters. The average Bonchev–Trinajstić information content (AvgIpc) is 3.10. The number of anilines is 2. The van der Waals surface area contributed by atoms with E-state index >= 15 is 0 Å². The monoisotopic (exact) mass is 404 g/mol. The maximum absolute atomic E-state index is 12.0. The normalized spacial score (nSPS) is 10.7. The summed E-state index contributed by atoms with van der Waals surface area (Å²) >= 11 is 1.10. The fourth-order valence-electron chi connectivity index (χ4n) is 2.35. The predicted molar refractivity (Wildman–Crippen MR) is 110 cm³/mol. The van der Waals surface area contributed by atoms with Crippen LogP contribution in [-0.2, 0) is 16.0 Å². The zero-order valence-electron chi connectivity index (χ0n) is 16.1. The number of aromatic nitrogens is 2. The van der Waals surface area contributed by atoms with Gasteiger partial charge in [0.05, 0.1) is 19.2 Å². The third-order valence-corrected chi connectivity index (χ3v) is 4.53. The van der Waals surface area contributed by atoms with E-state index in [9.17, 15) is 9.59 Å². The van der Waals surface area contributed by atoms with E-state index in [-0.39, 0.29) is 24.1 Å². The second kappa shape index (κ2) is 11.0. The largest absolute Gasteiger partial charge is 0.450 e. The summed E-state index contributed by atoms with van der Waals surface area (Å²) in [5, 5.41) is 14.8. The molecule has 0 saturated heterocycles. The number of carbonyl (C=O) groups excluding carboxylic acids is 2. The molecule has 0 bridgehead atoms. The number of ether oxygens (including phenoxy) is 1. The number of nitrogens with zero attached hydrogens (tertiary/aromatic N) is 4. The van der Waals surface area contributed by atoms with Crippen molar-refractivity contribution in [2.45, 2.75) is 27.2 Å². The molecule has 2 N–H and O–H groups in total. The van der Waals surface area contributed by atoms with E-state index in [4.69, 9.17) is 4.74 Å². The molecule has 0 radical (unpaired) electrons. The molecule has 1 aromatic heterocycles. The van der Waals surface area contributed by atoms with Gasteiger partial charge >= 0.3 is 6.09 Å². The molecule has 0 saturated carbocycles. The summed E-state index contributed by atoms with van der Waals surface area (Å²) in [5.74, 6) is -0.324. The highest BCUT2D eigenvalue weighted by Crippen LogP contribution is 2.16. The number of amides is 2. The lowest BCUT2D eigenvalue weighted by Crippen LogP contribution is -2.21. The van der Waals surface area contributed by atoms with E-state index < -0.39 is 6.09 Å². The maximum atomic E-state index is 12.0. The molecule has 0 aliphatic heterocycles. The number of benzene rings is 1. The summed E-state index contributed by atoms with van der Waals surface area (Å²) in [6, 6.07) is 7.94. The van der Waals surface area contributed by atoms with Gasteiger partial charge in [0.15, 0.2) is 0 Å². The first-order chi connectivity index (χ1) is 13.5. The number of nitrogens with one attached hydrogen (secondary N) is 2. The summed E-state index contributed by atoms with van der Waals surface area (Å²) in [6.07, 6.45) is 0.990. The fourth-order valence-corrected chi connectivity index (χ4v) is 3.07. The Morgan fingerprint density at radius 1 is 1.18 bits per heavy atom. The van der Waals surface area contributed by atoms with Crippen LogP contribution in [0.4, 0.5) is 15.6 Å². The summed E-state index contributed by atoms with van der Waals surface area (Å²) in [7, 11) is 0. The van der Waals surface area contributed by atoms with Crippen molar-refractivity contribution in [3.05, 3.63) is 34.8 Å². The van der Waals surface area contributed by atoms with Gasteiger partial charge in [0.25, 0.3) is 0 Å². The van der Waals surface area contributed by atoms with Crippen LogP contribution in [0.5, 0.6) is 0 Å². The Bertz CT molecular complexity index is 802. The second-order valence-corrected chi connectivity index (χ2v) is 6.64. The van der Waals surface area contributed by atoms with Crippen LogP contribution in [0.2, 0.25) is 0 Å². The van der Waals surface area contributed by atoms with Gasteiger partial charge in [0, 0.05) is 18.8 Å². The van der Waals surface area contributed by atoms with Crippen molar-refractivity contribution in [3.8, 4) is 0 Å². The molecule has 0 aliphatic rings. The van der Waals surface area contributed by atoms with Gasteiger partial charge in [-0.25, -0.2) is 10.2 Å². The van der Waals surface area contributed by atoms with Crippen molar-refractivity contribution in [1.29, 1.82) is 0 Å². The summed E-state index contributed by atoms with van der Waals surface area (Å²) in [5.41, 5.74) is 4.49. The van der Waals surface area contributed by atoms with Crippen molar-refractivity contribution in [2.75, 3.05) is 29.9 Å². The van der Waals surface area contributed by atoms with E-state index in [1.165, 1.54) is 0 Å². The van der Waals surface area contributed by atoms with E-state index in [1.807, 2.05) is 24.3 Å². The molecule has 150 valence electrons. The number of hydrogen-bond donors (Lipinski definition) is 2. The SMILES string of the molecule is CCOC(=O)Nc1nnc(CC(=O)N/N=C\c2ccc(N(CC)CC)cc2)s1. The van der Waals surface area contributed by atoms with Crippen LogP contribution in [-0.4, -0.2) is 48.1 Å². The zero-order valence-corrected chi connectivity index (χ0v) is 17.0. The van der Waals surface area contributed by atoms with Gasteiger partial charge in [-0.2, -0.15) is 5.10 Å². The number of hydrazone groups is 1. The van der Waals surface area contributed by atoms with Crippen LogP contribution in [0, 0.1) is 0 Å². The molecule has 2 amide bonds. The first-order valence-corrected chi connectivity index (χ1v) is 9.80. The highest BCUT2D eigenvalue weighted by atomic mass is 32.1. The third-order valence-electron chi connectivity index (χ3n) is 3.69. The molecule has 2 rings (SSSR count). The lowest BCUT2D eigenvalue weighted by atomic mass is 10.2. The van der Waals surface area contributed by atoms with Crippen LogP contribution in [0.15, 0.2) is 29.4 Å². The fraction of sp³-hybridized carbons (Fsp3) is 0.389. The third kappa shape index (κ3) is 6.62. The molecule has 10 heteroatoms. The Hall–Kier alpha value is -3.01. The van der Waals surface area contributed by atoms with Gasteiger partial charge in [-0.3, -0.25) is 10.1 Å². The molecule has 0 unspecified atom stereocenters. The van der Waals surface area contributed by atoms with Crippen LogP contribution in [0.3, 0.4) is 0 Å². The Morgan fingerprint density at radius 3 is 2.54 bits per heavy atom. The molecule has 9 nitrogen and oxygen atoms in total. The molecule has 0 spiro atoms. The minimum atomic E-state index is -0.605. The van der Waals surface area contributed by atoms with Crippen LogP contribution in [0.25, 0.3) is 0 Å².